The molecule has 2 rings (SSSR count). The highest BCUT2D eigenvalue weighted by atomic mass is 19.4. The number of H-pyrrole nitrogens is 1. The van der Waals surface area contributed by atoms with Gasteiger partial charge in [-0.3, -0.25) is 9.89 Å². The van der Waals surface area contributed by atoms with Gasteiger partial charge in [-0.15, -0.1) is 0 Å². The first-order valence-corrected chi connectivity index (χ1v) is 5.41. The summed E-state index contributed by atoms with van der Waals surface area (Å²) in [4.78, 5) is 19.8. The zero-order valence-corrected chi connectivity index (χ0v) is 10.5. The van der Waals surface area contributed by atoms with Crippen molar-refractivity contribution < 1.29 is 13.2 Å². The van der Waals surface area contributed by atoms with Gasteiger partial charge in [-0.2, -0.15) is 13.2 Å². The minimum absolute atomic E-state index is 0.0913. The average Bonchev–Trinajstić information content (AvgIpc) is 2.54. The van der Waals surface area contributed by atoms with Crippen LogP contribution in [0.2, 0.25) is 0 Å². The predicted octanol–water partition coefficient (Wildman–Crippen LogP) is 1.90. The van der Waals surface area contributed by atoms with E-state index in [1.807, 2.05) is 5.10 Å². The normalized spacial score (nSPS) is 11.9. The number of alkyl halides is 3. The highest BCUT2D eigenvalue weighted by Gasteiger charge is 2.36. The zero-order chi connectivity index (χ0) is 14.4. The molecule has 0 aliphatic carbocycles. The quantitative estimate of drug-likeness (QED) is 0.862. The van der Waals surface area contributed by atoms with E-state index in [4.69, 9.17) is 0 Å². The molecule has 2 heterocycles. The maximum atomic E-state index is 12.7. The second-order valence-corrected chi connectivity index (χ2v) is 4.16. The van der Waals surface area contributed by atoms with Crippen molar-refractivity contribution in [2.75, 3.05) is 0 Å². The van der Waals surface area contributed by atoms with Crippen LogP contribution < -0.4 is 5.56 Å². The average molecular weight is 272 g/mol. The number of rotatable bonds is 1. The summed E-state index contributed by atoms with van der Waals surface area (Å²) in [6.45, 7) is 4.39. The topological polar surface area (TPSA) is 63.6 Å². The van der Waals surface area contributed by atoms with Crippen LogP contribution >= 0.6 is 0 Å². The van der Waals surface area contributed by atoms with Gasteiger partial charge in [0, 0.05) is 17.3 Å². The first-order valence-electron chi connectivity index (χ1n) is 5.41. The van der Waals surface area contributed by atoms with Crippen molar-refractivity contribution in [1.82, 2.24) is 19.7 Å². The van der Waals surface area contributed by atoms with Crippen LogP contribution in [0, 0.1) is 20.8 Å². The lowest BCUT2D eigenvalue weighted by Crippen LogP contribution is -2.17. The van der Waals surface area contributed by atoms with Crippen LogP contribution in [0.5, 0.6) is 0 Å². The fourth-order valence-corrected chi connectivity index (χ4v) is 1.77. The number of aromatic nitrogens is 4. The summed E-state index contributed by atoms with van der Waals surface area (Å²) in [7, 11) is 0. The largest absolute Gasteiger partial charge is 0.433 e. The lowest BCUT2D eigenvalue weighted by Gasteiger charge is -2.05. The summed E-state index contributed by atoms with van der Waals surface area (Å²) in [6, 6.07) is 1.44. The molecule has 0 amide bonds. The molecule has 0 fully saturated rings. The summed E-state index contributed by atoms with van der Waals surface area (Å²) in [6.07, 6.45) is -4.61. The molecule has 0 saturated heterocycles. The monoisotopic (exact) mass is 272 g/mol. The molecular weight excluding hydrogens is 261 g/mol. The number of aromatic amines is 1. The molecule has 102 valence electrons. The van der Waals surface area contributed by atoms with Crippen LogP contribution in [-0.2, 0) is 6.18 Å². The summed E-state index contributed by atoms with van der Waals surface area (Å²) in [5.41, 5.74) is -1.66. The SMILES string of the molecule is Cc1cc(-n2[nH]c(C(F)(F)F)c(C)c2=O)nc(C)n1. The summed E-state index contributed by atoms with van der Waals surface area (Å²) >= 11 is 0. The van der Waals surface area contributed by atoms with Crippen molar-refractivity contribution in [2.45, 2.75) is 26.9 Å². The fourth-order valence-electron chi connectivity index (χ4n) is 1.77. The third-order valence-electron chi connectivity index (χ3n) is 2.59. The third kappa shape index (κ3) is 2.38. The maximum Gasteiger partial charge on any atom is 0.433 e. The zero-order valence-electron chi connectivity index (χ0n) is 10.5. The molecule has 0 spiro atoms. The highest BCUT2D eigenvalue weighted by molar-refractivity contribution is 5.28. The lowest BCUT2D eigenvalue weighted by atomic mass is 10.3. The lowest BCUT2D eigenvalue weighted by molar-refractivity contribution is -0.141. The Morgan fingerprint density at radius 1 is 1.21 bits per heavy atom. The molecule has 0 aliphatic heterocycles. The number of nitrogens with one attached hydrogen (secondary N) is 1. The Hall–Kier alpha value is -2.12. The van der Waals surface area contributed by atoms with E-state index in [9.17, 15) is 18.0 Å². The van der Waals surface area contributed by atoms with Gasteiger partial charge < -0.3 is 0 Å². The molecule has 0 atom stereocenters. The van der Waals surface area contributed by atoms with E-state index < -0.39 is 17.4 Å². The second-order valence-electron chi connectivity index (χ2n) is 4.16. The molecule has 0 unspecified atom stereocenters. The van der Waals surface area contributed by atoms with Crippen molar-refractivity contribution in [2.24, 2.45) is 0 Å². The van der Waals surface area contributed by atoms with Gasteiger partial charge in [0.2, 0.25) is 0 Å². The van der Waals surface area contributed by atoms with Crippen LogP contribution in [0.25, 0.3) is 5.82 Å². The van der Waals surface area contributed by atoms with Gasteiger partial charge in [-0.25, -0.2) is 14.6 Å². The van der Waals surface area contributed by atoms with Gasteiger partial charge in [0.05, 0.1) is 0 Å². The van der Waals surface area contributed by atoms with E-state index in [0.717, 1.165) is 11.6 Å². The molecule has 0 radical (unpaired) electrons. The molecule has 5 nitrogen and oxygen atoms in total. The standard InChI is InChI=1S/C11H11F3N4O/c1-5-4-8(16-7(3)15-5)18-10(19)6(2)9(17-18)11(12,13)14/h4,17H,1-3H3. The van der Waals surface area contributed by atoms with Gasteiger partial charge >= 0.3 is 6.18 Å². The van der Waals surface area contributed by atoms with Crippen molar-refractivity contribution >= 4 is 0 Å². The smallest absolute Gasteiger partial charge is 0.285 e. The third-order valence-corrected chi connectivity index (χ3v) is 2.59. The molecule has 1 N–H and O–H groups in total. The van der Waals surface area contributed by atoms with Crippen LogP contribution in [0.15, 0.2) is 10.9 Å². The van der Waals surface area contributed by atoms with Crippen molar-refractivity contribution in [3.8, 4) is 5.82 Å². The Kier molecular flexibility index (Phi) is 2.95. The van der Waals surface area contributed by atoms with Gasteiger partial charge in [-0.1, -0.05) is 0 Å². The van der Waals surface area contributed by atoms with Crippen LogP contribution in [0.3, 0.4) is 0 Å². The molecule has 0 saturated carbocycles. The highest BCUT2D eigenvalue weighted by Crippen LogP contribution is 2.29. The second kappa shape index (κ2) is 4.22. The van der Waals surface area contributed by atoms with E-state index in [0.29, 0.717) is 11.5 Å². The van der Waals surface area contributed by atoms with Gasteiger partial charge in [0.15, 0.2) is 5.82 Å². The summed E-state index contributed by atoms with van der Waals surface area (Å²) in [5, 5.41) is 2.05. The van der Waals surface area contributed by atoms with Crippen molar-refractivity contribution in [3.63, 3.8) is 0 Å². The van der Waals surface area contributed by atoms with Gasteiger partial charge in [0.25, 0.3) is 5.56 Å². The molecule has 8 heteroatoms. The number of aryl methyl sites for hydroxylation is 2. The van der Waals surface area contributed by atoms with E-state index in [2.05, 4.69) is 9.97 Å². The molecule has 19 heavy (non-hydrogen) atoms. The Balaban J connectivity index is 2.67. The Morgan fingerprint density at radius 3 is 2.32 bits per heavy atom. The van der Waals surface area contributed by atoms with E-state index >= 15 is 0 Å². The molecule has 2 aromatic rings. The van der Waals surface area contributed by atoms with Gasteiger partial charge in [0.1, 0.15) is 11.5 Å². The number of hydrogen-bond acceptors (Lipinski definition) is 3. The van der Waals surface area contributed by atoms with E-state index in [-0.39, 0.29) is 11.4 Å². The molecule has 0 bridgehead atoms. The Morgan fingerprint density at radius 2 is 1.84 bits per heavy atom. The first kappa shape index (κ1) is 13.3. The first-order chi connectivity index (χ1) is 8.70. The summed E-state index contributed by atoms with van der Waals surface area (Å²) < 4.78 is 38.9. The Labute approximate surface area is 106 Å². The Bertz CT molecular complexity index is 664. The maximum absolute atomic E-state index is 12.7. The summed E-state index contributed by atoms with van der Waals surface area (Å²) in [5.74, 6) is 0.469. The number of nitrogens with zero attached hydrogens (tertiary/aromatic N) is 3. The minimum atomic E-state index is -4.61. The molecular formula is C11H11F3N4O. The molecule has 0 aliphatic rings. The van der Waals surface area contributed by atoms with Gasteiger partial charge in [-0.05, 0) is 20.8 Å². The number of hydrogen-bond donors (Lipinski definition) is 1. The van der Waals surface area contributed by atoms with E-state index in [1.54, 1.807) is 13.8 Å². The molecule has 2 aromatic heterocycles. The van der Waals surface area contributed by atoms with Crippen LogP contribution in [0.1, 0.15) is 22.8 Å². The van der Waals surface area contributed by atoms with Crippen molar-refractivity contribution in [3.05, 3.63) is 39.2 Å². The van der Waals surface area contributed by atoms with Crippen molar-refractivity contribution in [1.29, 1.82) is 0 Å². The number of halogens is 3. The van der Waals surface area contributed by atoms with Crippen LogP contribution in [-0.4, -0.2) is 19.7 Å². The minimum Gasteiger partial charge on any atom is -0.285 e. The predicted molar refractivity (Wildman–Crippen MR) is 61.2 cm³/mol. The van der Waals surface area contributed by atoms with Crippen LogP contribution in [0.4, 0.5) is 13.2 Å². The molecule has 0 aromatic carbocycles. The van der Waals surface area contributed by atoms with E-state index in [1.165, 1.54) is 6.07 Å². The fraction of sp³-hybridized carbons (Fsp3) is 0.364.